The predicted octanol–water partition coefficient (Wildman–Crippen LogP) is 1.61. The second kappa shape index (κ2) is 8.07. The molecule has 1 aromatic heterocycles. The molecule has 0 bridgehead atoms. The van der Waals surface area contributed by atoms with E-state index in [0.29, 0.717) is 13.2 Å². The normalized spacial score (nSPS) is 10.4. The SMILES string of the molecule is CCCNCc1cnccc1OCCOC. The van der Waals surface area contributed by atoms with Gasteiger partial charge in [-0.3, -0.25) is 4.98 Å². The van der Waals surface area contributed by atoms with Gasteiger partial charge in [0.1, 0.15) is 12.4 Å². The fourth-order valence-electron chi connectivity index (χ4n) is 1.32. The van der Waals surface area contributed by atoms with Crippen LogP contribution in [0, 0.1) is 0 Å². The maximum Gasteiger partial charge on any atom is 0.126 e. The monoisotopic (exact) mass is 224 g/mol. The van der Waals surface area contributed by atoms with Gasteiger partial charge in [-0.2, -0.15) is 0 Å². The third-order valence-electron chi connectivity index (χ3n) is 2.15. The minimum atomic E-state index is 0.571. The molecule has 1 aromatic rings. The van der Waals surface area contributed by atoms with Gasteiger partial charge in [0.15, 0.2) is 0 Å². The Hall–Kier alpha value is -1.13. The number of hydrogen-bond donors (Lipinski definition) is 1. The van der Waals surface area contributed by atoms with Crippen molar-refractivity contribution in [3.63, 3.8) is 0 Å². The third kappa shape index (κ3) is 4.59. The smallest absolute Gasteiger partial charge is 0.126 e. The van der Waals surface area contributed by atoms with Gasteiger partial charge in [0, 0.05) is 31.6 Å². The van der Waals surface area contributed by atoms with E-state index in [4.69, 9.17) is 9.47 Å². The Morgan fingerprint density at radius 1 is 1.38 bits per heavy atom. The van der Waals surface area contributed by atoms with E-state index >= 15 is 0 Å². The number of methoxy groups -OCH3 is 1. The zero-order valence-electron chi connectivity index (χ0n) is 10.0. The van der Waals surface area contributed by atoms with Crippen molar-refractivity contribution in [2.75, 3.05) is 26.9 Å². The van der Waals surface area contributed by atoms with Gasteiger partial charge < -0.3 is 14.8 Å². The molecule has 0 amide bonds. The van der Waals surface area contributed by atoms with Crippen LogP contribution in [-0.4, -0.2) is 31.9 Å². The molecule has 90 valence electrons. The van der Waals surface area contributed by atoms with E-state index in [9.17, 15) is 0 Å². The van der Waals surface area contributed by atoms with Gasteiger partial charge in [-0.1, -0.05) is 6.92 Å². The standard InChI is InChI=1S/C12H20N2O2/c1-3-5-13-9-11-10-14-6-4-12(11)16-8-7-15-2/h4,6,10,13H,3,5,7-9H2,1-2H3. The summed E-state index contributed by atoms with van der Waals surface area (Å²) in [6.45, 7) is 5.12. The first kappa shape index (κ1) is 12.9. The molecule has 0 unspecified atom stereocenters. The van der Waals surface area contributed by atoms with Crippen LogP contribution in [0.5, 0.6) is 5.75 Å². The van der Waals surface area contributed by atoms with E-state index in [1.807, 2.05) is 12.3 Å². The van der Waals surface area contributed by atoms with Gasteiger partial charge in [0.25, 0.3) is 0 Å². The summed E-state index contributed by atoms with van der Waals surface area (Å²) in [5, 5.41) is 3.33. The molecule has 16 heavy (non-hydrogen) atoms. The molecule has 0 atom stereocenters. The summed E-state index contributed by atoms with van der Waals surface area (Å²) in [7, 11) is 1.67. The van der Waals surface area contributed by atoms with Crippen LogP contribution in [0.2, 0.25) is 0 Å². The van der Waals surface area contributed by atoms with Crippen molar-refractivity contribution in [1.82, 2.24) is 10.3 Å². The lowest BCUT2D eigenvalue weighted by Crippen LogP contribution is -2.15. The van der Waals surface area contributed by atoms with Crippen LogP contribution in [-0.2, 0) is 11.3 Å². The van der Waals surface area contributed by atoms with Crippen molar-refractivity contribution in [2.24, 2.45) is 0 Å². The van der Waals surface area contributed by atoms with Crippen LogP contribution in [0.15, 0.2) is 18.5 Å². The fourth-order valence-corrected chi connectivity index (χ4v) is 1.32. The minimum Gasteiger partial charge on any atom is -0.491 e. The average Bonchev–Trinajstić information content (AvgIpc) is 2.32. The summed E-state index contributed by atoms with van der Waals surface area (Å²) in [5.41, 5.74) is 1.09. The second-order valence-electron chi connectivity index (χ2n) is 3.50. The molecule has 0 aromatic carbocycles. The first-order chi connectivity index (χ1) is 7.88. The van der Waals surface area contributed by atoms with Gasteiger partial charge >= 0.3 is 0 Å². The van der Waals surface area contributed by atoms with Crippen molar-refractivity contribution < 1.29 is 9.47 Å². The highest BCUT2D eigenvalue weighted by Gasteiger charge is 2.02. The Morgan fingerprint density at radius 2 is 2.25 bits per heavy atom. The molecule has 0 aliphatic rings. The largest absolute Gasteiger partial charge is 0.491 e. The summed E-state index contributed by atoms with van der Waals surface area (Å²) < 4.78 is 10.5. The van der Waals surface area contributed by atoms with E-state index in [2.05, 4.69) is 17.2 Å². The Labute approximate surface area is 97.0 Å². The van der Waals surface area contributed by atoms with Crippen molar-refractivity contribution in [3.05, 3.63) is 24.0 Å². The number of pyridine rings is 1. The molecule has 0 aliphatic carbocycles. The molecular weight excluding hydrogens is 204 g/mol. The lowest BCUT2D eigenvalue weighted by atomic mass is 10.2. The highest BCUT2D eigenvalue weighted by Crippen LogP contribution is 2.16. The molecule has 1 heterocycles. The Kier molecular flexibility index (Phi) is 6.53. The van der Waals surface area contributed by atoms with Gasteiger partial charge in [0.2, 0.25) is 0 Å². The number of nitrogens with one attached hydrogen (secondary N) is 1. The Balaban J connectivity index is 2.46. The number of aromatic nitrogens is 1. The molecule has 4 heteroatoms. The summed E-state index contributed by atoms with van der Waals surface area (Å²) in [6.07, 6.45) is 4.70. The Morgan fingerprint density at radius 3 is 3.00 bits per heavy atom. The highest BCUT2D eigenvalue weighted by atomic mass is 16.5. The highest BCUT2D eigenvalue weighted by molar-refractivity contribution is 5.29. The quantitative estimate of drug-likeness (QED) is 0.681. The van der Waals surface area contributed by atoms with Crippen molar-refractivity contribution in [1.29, 1.82) is 0 Å². The van der Waals surface area contributed by atoms with E-state index in [1.54, 1.807) is 13.3 Å². The summed E-state index contributed by atoms with van der Waals surface area (Å²) in [5.74, 6) is 0.885. The van der Waals surface area contributed by atoms with Crippen molar-refractivity contribution >= 4 is 0 Å². The lowest BCUT2D eigenvalue weighted by Gasteiger charge is -2.10. The van der Waals surface area contributed by atoms with Gasteiger partial charge in [-0.15, -0.1) is 0 Å². The molecule has 0 saturated heterocycles. The van der Waals surface area contributed by atoms with E-state index < -0.39 is 0 Å². The minimum absolute atomic E-state index is 0.571. The average molecular weight is 224 g/mol. The van der Waals surface area contributed by atoms with Crippen molar-refractivity contribution in [3.8, 4) is 5.75 Å². The molecule has 0 aliphatic heterocycles. The molecule has 1 N–H and O–H groups in total. The molecule has 1 rings (SSSR count). The second-order valence-corrected chi connectivity index (χ2v) is 3.50. The predicted molar refractivity (Wildman–Crippen MR) is 63.6 cm³/mol. The van der Waals surface area contributed by atoms with Crippen LogP contribution in [0.1, 0.15) is 18.9 Å². The van der Waals surface area contributed by atoms with E-state index in [0.717, 1.165) is 30.8 Å². The number of ether oxygens (including phenoxy) is 2. The maximum atomic E-state index is 5.60. The fraction of sp³-hybridized carbons (Fsp3) is 0.583. The van der Waals surface area contributed by atoms with Gasteiger partial charge in [-0.05, 0) is 19.0 Å². The topological polar surface area (TPSA) is 43.4 Å². The summed E-state index contributed by atoms with van der Waals surface area (Å²) >= 11 is 0. The van der Waals surface area contributed by atoms with Crippen LogP contribution < -0.4 is 10.1 Å². The first-order valence-electron chi connectivity index (χ1n) is 5.63. The molecule has 4 nitrogen and oxygen atoms in total. The molecule has 0 radical (unpaired) electrons. The van der Waals surface area contributed by atoms with Crippen LogP contribution in [0.25, 0.3) is 0 Å². The first-order valence-corrected chi connectivity index (χ1v) is 5.63. The zero-order chi connectivity index (χ0) is 11.6. The van der Waals surface area contributed by atoms with Crippen LogP contribution in [0.4, 0.5) is 0 Å². The van der Waals surface area contributed by atoms with E-state index in [1.165, 1.54) is 0 Å². The number of rotatable bonds is 8. The molecule has 0 spiro atoms. The van der Waals surface area contributed by atoms with E-state index in [-0.39, 0.29) is 0 Å². The molecule has 0 fully saturated rings. The molecular formula is C12H20N2O2. The summed E-state index contributed by atoms with van der Waals surface area (Å²) in [4.78, 5) is 4.10. The van der Waals surface area contributed by atoms with Crippen LogP contribution >= 0.6 is 0 Å². The number of hydrogen-bond acceptors (Lipinski definition) is 4. The Bertz CT molecular complexity index is 263. The third-order valence-corrected chi connectivity index (χ3v) is 2.15. The van der Waals surface area contributed by atoms with Gasteiger partial charge in [0.05, 0.1) is 6.61 Å². The van der Waals surface area contributed by atoms with Crippen LogP contribution in [0.3, 0.4) is 0 Å². The number of nitrogens with zero attached hydrogens (tertiary/aromatic N) is 1. The van der Waals surface area contributed by atoms with Crippen molar-refractivity contribution in [2.45, 2.75) is 19.9 Å². The molecule has 0 saturated carbocycles. The lowest BCUT2D eigenvalue weighted by molar-refractivity contribution is 0.145. The van der Waals surface area contributed by atoms with Gasteiger partial charge in [-0.25, -0.2) is 0 Å². The summed E-state index contributed by atoms with van der Waals surface area (Å²) in [6, 6.07) is 1.89. The maximum absolute atomic E-state index is 5.60. The zero-order valence-corrected chi connectivity index (χ0v) is 10.0.